The van der Waals surface area contributed by atoms with Crippen LogP contribution in [0.1, 0.15) is 55.3 Å². The quantitative estimate of drug-likeness (QED) is 0.836. The number of carbonyl (C=O) groups excluding carboxylic acids is 2. The third kappa shape index (κ3) is 3.73. The van der Waals surface area contributed by atoms with E-state index in [1.165, 1.54) is 38.5 Å². The van der Waals surface area contributed by atoms with Gasteiger partial charge in [0.05, 0.1) is 0 Å². The Morgan fingerprint density at radius 3 is 2.12 bits per heavy atom. The van der Waals surface area contributed by atoms with Crippen LogP contribution in [0.15, 0.2) is 30.3 Å². The normalized spacial score (nSPS) is 32.4. The zero-order chi connectivity index (χ0) is 17.3. The standard InChI is InChI=1S/C21H28N2O2/c24-19(6-7-22-20(25)18-4-2-1-3-5-18)23-14-21-11-15-8-16(12-21)10-17(9-15)13-21/h1-5,15-17H,6-14H2,(H,22,25)(H,23,24). The van der Waals surface area contributed by atoms with Gasteiger partial charge in [0.15, 0.2) is 0 Å². The average molecular weight is 340 g/mol. The lowest BCUT2D eigenvalue weighted by Crippen LogP contribution is -2.51. The predicted octanol–water partition coefficient (Wildman–Crippen LogP) is 3.14. The molecule has 25 heavy (non-hydrogen) atoms. The van der Waals surface area contributed by atoms with Gasteiger partial charge < -0.3 is 10.6 Å². The van der Waals surface area contributed by atoms with E-state index in [4.69, 9.17) is 0 Å². The van der Waals surface area contributed by atoms with Crippen LogP contribution in [0.25, 0.3) is 0 Å². The summed E-state index contributed by atoms with van der Waals surface area (Å²) in [6, 6.07) is 9.12. The van der Waals surface area contributed by atoms with Crippen molar-refractivity contribution in [2.24, 2.45) is 23.2 Å². The molecule has 2 N–H and O–H groups in total. The van der Waals surface area contributed by atoms with Gasteiger partial charge in [0, 0.05) is 25.1 Å². The van der Waals surface area contributed by atoms with Crippen molar-refractivity contribution in [2.45, 2.75) is 44.9 Å². The van der Waals surface area contributed by atoms with E-state index in [1.54, 1.807) is 12.1 Å². The fourth-order valence-electron chi connectivity index (χ4n) is 5.86. The molecule has 4 bridgehead atoms. The molecule has 0 saturated heterocycles. The van der Waals surface area contributed by atoms with Crippen LogP contribution in [0.5, 0.6) is 0 Å². The number of amides is 2. The smallest absolute Gasteiger partial charge is 0.251 e. The Balaban J connectivity index is 1.20. The molecule has 1 aromatic carbocycles. The van der Waals surface area contributed by atoms with E-state index in [-0.39, 0.29) is 11.8 Å². The number of carbonyl (C=O) groups is 2. The van der Waals surface area contributed by atoms with Gasteiger partial charge in [-0.05, 0) is 73.8 Å². The van der Waals surface area contributed by atoms with Crippen molar-refractivity contribution in [1.29, 1.82) is 0 Å². The predicted molar refractivity (Wildman–Crippen MR) is 97.0 cm³/mol. The lowest BCUT2D eigenvalue weighted by Gasteiger charge is -2.56. The van der Waals surface area contributed by atoms with Crippen molar-refractivity contribution < 1.29 is 9.59 Å². The maximum absolute atomic E-state index is 12.2. The summed E-state index contributed by atoms with van der Waals surface area (Å²) >= 11 is 0. The molecule has 4 saturated carbocycles. The lowest BCUT2D eigenvalue weighted by molar-refractivity contribution is -0.123. The molecular weight excluding hydrogens is 312 g/mol. The highest BCUT2D eigenvalue weighted by Gasteiger charge is 2.50. The maximum atomic E-state index is 12.2. The van der Waals surface area contributed by atoms with Gasteiger partial charge in [-0.3, -0.25) is 9.59 Å². The lowest BCUT2D eigenvalue weighted by atomic mass is 9.49. The van der Waals surface area contributed by atoms with Crippen LogP contribution in [-0.2, 0) is 4.79 Å². The third-order valence-electron chi connectivity index (χ3n) is 6.50. The van der Waals surface area contributed by atoms with Crippen molar-refractivity contribution in [2.75, 3.05) is 13.1 Å². The minimum absolute atomic E-state index is 0.0594. The van der Waals surface area contributed by atoms with Gasteiger partial charge in [0.25, 0.3) is 5.91 Å². The minimum atomic E-state index is -0.116. The maximum Gasteiger partial charge on any atom is 0.251 e. The topological polar surface area (TPSA) is 58.2 Å². The zero-order valence-corrected chi connectivity index (χ0v) is 14.8. The van der Waals surface area contributed by atoms with Crippen molar-refractivity contribution in [3.8, 4) is 0 Å². The molecule has 0 aromatic heterocycles. The average Bonchev–Trinajstić information content (AvgIpc) is 2.60. The fraction of sp³-hybridized carbons (Fsp3) is 0.619. The van der Waals surface area contributed by atoms with Gasteiger partial charge in [-0.25, -0.2) is 0 Å². The molecule has 4 heteroatoms. The van der Waals surface area contributed by atoms with Crippen molar-refractivity contribution in [1.82, 2.24) is 10.6 Å². The number of rotatable bonds is 6. The summed E-state index contributed by atoms with van der Waals surface area (Å²) in [5, 5.41) is 5.99. The van der Waals surface area contributed by atoms with Crippen molar-refractivity contribution in [3.63, 3.8) is 0 Å². The number of nitrogens with one attached hydrogen (secondary N) is 2. The van der Waals surface area contributed by atoms with Gasteiger partial charge in [-0.1, -0.05) is 18.2 Å². The Morgan fingerprint density at radius 1 is 0.920 bits per heavy atom. The first-order valence-electron chi connectivity index (χ1n) is 9.72. The first kappa shape index (κ1) is 16.6. The minimum Gasteiger partial charge on any atom is -0.355 e. The molecule has 4 nitrogen and oxygen atoms in total. The molecule has 134 valence electrons. The van der Waals surface area contributed by atoms with E-state index in [1.807, 2.05) is 18.2 Å². The van der Waals surface area contributed by atoms with E-state index >= 15 is 0 Å². The molecule has 2 amide bonds. The summed E-state index contributed by atoms with van der Waals surface area (Å²) in [5.74, 6) is 2.67. The monoisotopic (exact) mass is 340 g/mol. The molecular formula is C21H28N2O2. The first-order chi connectivity index (χ1) is 12.1. The second kappa shape index (κ2) is 6.81. The molecule has 0 aliphatic heterocycles. The Kier molecular flexibility index (Phi) is 4.53. The van der Waals surface area contributed by atoms with E-state index in [2.05, 4.69) is 10.6 Å². The van der Waals surface area contributed by atoms with Crippen LogP contribution in [0.3, 0.4) is 0 Å². The second-order valence-electron chi connectivity index (χ2n) is 8.57. The molecule has 0 atom stereocenters. The summed E-state index contributed by atoms with van der Waals surface area (Å²) in [5.41, 5.74) is 1.01. The number of hydrogen-bond donors (Lipinski definition) is 2. The van der Waals surface area contributed by atoms with Gasteiger partial charge in [0.1, 0.15) is 0 Å². The highest BCUT2D eigenvalue weighted by atomic mass is 16.2. The van der Waals surface area contributed by atoms with Crippen molar-refractivity contribution >= 4 is 11.8 Å². The summed E-state index contributed by atoms with van der Waals surface area (Å²) in [6.45, 7) is 1.22. The Bertz CT molecular complexity index is 605. The Hall–Kier alpha value is -1.84. The van der Waals surface area contributed by atoms with Gasteiger partial charge >= 0.3 is 0 Å². The Labute approximate surface area is 149 Å². The Morgan fingerprint density at radius 2 is 1.52 bits per heavy atom. The van der Waals surface area contributed by atoms with Gasteiger partial charge in [0.2, 0.25) is 5.91 Å². The molecule has 0 heterocycles. The number of hydrogen-bond acceptors (Lipinski definition) is 2. The third-order valence-corrected chi connectivity index (χ3v) is 6.50. The van der Waals surface area contributed by atoms with Gasteiger partial charge in [-0.2, -0.15) is 0 Å². The van der Waals surface area contributed by atoms with Crippen LogP contribution in [0.2, 0.25) is 0 Å². The molecule has 0 unspecified atom stereocenters. The summed E-state index contributed by atoms with van der Waals surface area (Å²) in [6.07, 6.45) is 8.57. The van der Waals surface area contributed by atoms with E-state index in [0.29, 0.717) is 23.9 Å². The van der Waals surface area contributed by atoms with Crippen LogP contribution in [0, 0.1) is 23.2 Å². The molecule has 1 aromatic rings. The van der Waals surface area contributed by atoms with Crippen LogP contribution < -0.4 is 10.6 Å². The summed E-state index contributed by atoms with van der Waals surface area (Å²) in [4.78, 5) is 24.2. The van der Waals surface area contributed by atoms with Crippen LogP contribution in [-0.4, -0.2) is 24.9 Å². The largest absolute Gasteiger partial charge is 0.355 e. The highest BCUT2D eigenvalue weighted by molar-refractivity contribution is 5.94. The SMILES string of the molecule is O=C(CCNC(=O)c1ccccc1)NCC12CC3CC(CC(C3)C1)C2. The van der Waals surface area contributed by atoms with E-state index < -0.39 is 0 Å². The molecule has 0 spiro atoms. The van der Waals surface area contributed by atoms with Crippen LogP contribution >= 0.6 is 0 Å². The summed E-state index contributed by atoms with van der Waals surface area (Å²) in [7, 11) is 0. The first-order valence-corrected chi connectivity index (χ1v) is 9.72. The molecule has 4 aliphatic carbocycles. The van der Waals surface area contributed by atoms with E-state index in [9.17, 15) is 9.59 Å². The zero-order valence-electron chi connectivity index (χ0n) is 14.8. The summed E-state index contributed by atoms with van der Waals surface area (Å²) < 4.78 is 0. The molecule has 5 rings (SSSR count). The molecule has 4 fully saturated rings. The van der Waals surface area contributed by atoms with Crippen LogP contribution in [0.4, 0.5) is 0 Å². The molecule has 0 radical (unpaired) electrons. The molecule has 4 aliphatic rings. The van der Waals surface area contributed by atoms with Gasteiger partial charge in [-0.15, -0.1) is 0 Å². The van der Waals surface area contributed by atoms with E-state index in [0.717, 1.165) is 24.3 Å². The number of benzene rings is 1. The highest BCUT2D eigenvalue weighted by Crippen LogP contribution is 2.59. The van der Waals surface area contributed by atoms with Crippen molar-refractivity contribution in [3.05, 3.63) is 35.9 Å². The fourth-order valence-corrected chi connectivity index (χ4v) is 5.86. The second-order valence-corrected chi connectivity index (χ2v) is 8.57.